The molecule has 1 nitrogen and oxygen atoms in total. The Labute approximate surface area is 339 Å². The molecular formula is C57H39N. The second-order valence-electron chi connectivity index (χ2n) is 15.3. The average molecular weight is 738 g/mol. The largest absolute Gasteiger partial charge is 0.310 e. The number of benzene rings is 10. The van der Waals surface area contributed by atoms with Crippen LogP contribution in [-0.2, 0) is 5.41 Å². The van der Waals surface area contributed by atoms with E-state index in [0.29, 0.717) is 0 Å². The number of hydrogen-bond acceptors (Lipinski definition) is 1. The fourth-order valence-electron chi connectivity index (χ4n) is 9.44. The Hall–Kier alpha value is -7.48. The van der Waals surface area contributed by atoms with Crippen molar-refractivity contribution in [1.29, 1.82) is 0 Å². The van der Waals surface area contributed by atoms with E-state index in [2.05, 4.69) is 241 Å². The van der Waals surface area contributed by atoms with Crippen LogP contribution in [0.25, 0.3) is 54.9 Å². The Morgan fingerprint density at radius 2 is 0.776 bits per heavy atom. The average Bonchev–Trinajstić information content (AvgIpc) is 3.61. The van der Waals surface area contributed by atoms with Crippen molar-refractivity contribution in [3.63, 3.8) is 0 Å². The van der Waals surface area contributed by atoms with Gasteiger partial charge in [0.15, 0.2) is 0 Å². The van der Waals surface area contributed by atoms with E-state index in [1.54, 1.807) is 0 Å². The van der Waals surface area contributed by atoms with Crippen LogP contribution >= 0.6 is 0 Å². The summed E-state index contributed by atoms with van der Waals surface area (Å²) in [6, 6.07) is 86.8. The molecule has 0 atom stereocenters. The van der Waals surface area contributed by atoms with E-state index in [1.165, 1.54) is 77.2 Å². The molecule has 272 valence electrons. The molecular weight excluding hydrogens is 699 g/mol. The molecule has 0 amide bonds. The molecule has 0 radical (unpaired) electrons. The van der Waals surface area contributed by atoms with Crippen LogP contribution in [0.3, 0.4) is 0 Å². The monoisotopic (exact) mass is 737 g/mol. The van der Waals surface area contributed by atoms with Gasteiger partial charge in [0, 0.05) is 17.1 Å². The molecule has 0 aliphatic heterocycles. The highest BCUT2D eigenvalue weighted by molar-refractivity contribution is 6.04. The van der Waals surface area contributed by atoms with Gasteiger partial charge in [-0.05, 0) is 120 Å². The molecule has 10 aromatic carbocycles. The predicted octanol–water partition coefficient (Wildman–Crippen LogP) is 15.2. The van der Waals surface area contributed by atoms with Crippen LogP contribution in [-0.4, -0.2) is 0 Å². The molecule has 0 saturated carbocycles. The van der Waals surface area contributed by atoms with Crippen molar-refractivity contribution in [3.05, 3.63) is 259 Å². The minimum Gasteiger partial charge on any atom is -0.310 e. The first-order chi connectivity index (χ1) is 28.8. The Kier molecular flexibility index (Phi) is 8.12. The van der Waals surface area contributed by atoms with Crippen LogP contribution in [0.5, 0.6) is 0 Å². The zero-order chi connectivity index (χ0) is 38.5. The Bertz CT molecular complexity index is 3040. The Morgan fingerprint density at radius 1 is 0.293 bits per heavy atom. The van der Waals surface area contributed by atoms with E-state index in [1.807, 2.05) is 0 Å². The summed E-state index contributed by atoms with van der Waals surface area (Å²) in [5.41, 5.74) is 15.5. The molecule has 0 N–H and O–H groups in total. The van der Waals surface area contributed by atoms with E-state index < -0.39 is 5.41 Å². The molecule has 10 aromatic rings. The van der Waals surface area contributed by atoms with E-state index in [9.17, 15) is 0 Å². The van der Waals surface area contributed by atoms with Gasteiger partial charge in [0.1, 0.15) is 0 Å². The van der Waals surface area contributed by atoms with Crippen molar-refractivity contribution in [2.45, 2.75) is 5.41 Å². The maximum atomic E-state index is 2.46. The molecule has 0 saturated heterocycles. The molecule has 11 rings (SSSR count). The summed E-state index contributed by atoms with van der Waals surface area (Å²) >= 11 is 0. The summed E-state index contributed by atoms with van der Waals surface area (Å²) in [4.78, 5) is 2.37. The van der Waals surface area contributed by atoms with Crippen molar-refractivity contribution in [2.75, 3.05) is 4.90 Å². The zero-order valence-electron chi connectivity index (χ0n) is 32.0. The molecule has 0 aromatic heterocycles. The standard InChI is InChI=1S/C57H39N/c1-4-14-40(15-5-1)42-24-31-49(32-25-42)58(51-35-28-41-16-10-11-18-45(41)38-51)50-33-26-43(27-34-50)46-29-36-53-55(39-46)57(47-19-6-2-7-20-47,48-21-8-3-9-22-48)54-37-30-44-17-12-13-23-52(44)56(53)54/h1-39H. The molecule has 1 aliphatic rings. The lowest BCUT2D eigenvalue weighted by Gasteiger charge is -2.34. The van der Waals surface area contributed by atoms with Gasteiger partial charge in [-0.1, -0.05) is 194 Å². The number of fused-ring (bicyclic) bond motifs is 6. The van der Waals surface area contributed by atoms with Gasteiger partial charge in [-0.3, -0.25) is 0 Å². The molecule has 0 spiro atoms. The fourth-order valence-corrected chi connectivity index (χ4v) is 9.44. The maximum Gasteiger partial charge on any atom is 0.0714 e. The van der Waals surface area contributed by atoms with Crippen LogP contribution < -0.4 is 4.90 Å². The quantitative estimate of drug-likeness (QED) is 0.157. The van der Waals surface area contributed by atoms with Crippen LogP contribution in [0.4, 0.5) is 17.1 Å². The van der Waals surface area contributed by atoms with Gasteiger partial charge in [-0.2, -0.15) is 0 Å². The highest BCUT2D eigenvalue weighted by atomic mass is 15.1. The summed E-state index contributed by atoms with van der Waals surface area (Å²) in [5, 5.41) is 5.00. The van der Waals surface area contributed by atoms with Crippen LogP contribution in [0.1, 0.15) is 22.3 Å². The topological polar surface area (TPSA) is 3.24 Å². The van der Waals surface area contributed by atoms with E-state index in [0.717, 1.165) is 17.1 Å². The first kappa shape index (κ1) is 33.8. The van der Waals surface area contributed by atoms with Crippen molar-refractivity contribution < 1.29 is 0 Å². The summed E-state index contributed by atoms with van der Waals surface area (Å²) in [5.74, 6) is 0. The van der Waals surface area contributed by atoms with Gasteiger partial charge >= 0.3 is 0 Å². The van der Waals surface area contributed by atoms with E-state index in [4.69, 9.17) is 0 Å². The number of hydrogen-bond donors (Lipinski definition) is 0. The van der Waals surface area contributed by atoms with Gasteiger partial charge in [0.25, 0.3) is 0 Å². The first-order valence-electron chi connectivity index (χ1n) is 20.1. The highest BCUT2D eigenvalue weighted by Crippen LogP contribution is 2.58. The van der Waals surface area contributed by atoms with Crippen molar-refractivity contribution in [3.8, 4) is 33.4 Å². The normalized spacial score (nSPS) is 12.6. The van der Waals surface area contributed by atoms with Gasteiger partial charge < -0.3 is 4.90 Å². The smallest absolute Gasteiger partial charge is 0.0714 e. The van der Waals surface area contributed by atoms with Crippen molar-refractivity contribution >= 4 is 38.6 Å². The predicted molar refractivity (Wildman–Crippen MR) is 244 cm³/mol. The minimum atomic E-state index is -0.480. The maximum absolute atomic E-state index is 2.46. The Morgan fingerprint density at radius 3 is 1.43 bits per heavy atom. The lowest BCUT2D eigenvalue weighted by molar-refractivity contribution is 0.769. The van der Waals surface area contributed by atoms with Crippen LogP contribution in [0.15, 0.2) is 237 Å². The number of anilines is 3. The van der Waals surface area contributed by atoms with Gasteiger partial charge in [0.05, 0.1) is 5.41 Å². The van der Waals surface area contributed by atoms with Crippen LogP contribution in [0, 0.1) is 0 Å². The summed E-state index contributed by atoms with van der Waals surface area (Å²) in [6.45, 7) is 0. The molecule has 58 heavy (non-hydrogen) atoms. The summed E-state index contributed by atoms with van der Waals surface area (Å²) in [7, 11) is 0. The third kappa shape index (κ3) is 5.47. The molecule has 0 bridgehead atoms. The lowest BCUT2D eigenvalue weighted by atomic mass is 9.67. The van der Waals surface area contributed by atoms with Gasteiger partial charge in [-0.25, -0.2) is 0 Å². The number of rotatable bonds is 7. The van der Waals surface area contributed by atoms with E-state index >= 15 is 0 Å². The Balaban J connectivity index is 1.06. The molecule has 0 heterocycles. The van der Waals surface area contributed by atoms with E-state index in [-0.39, 0.29) is 0 Å². The molecule has 1 heteroatoms. The molecule has 0 fully saturated rings. The third-order valence-corrected chi connectivity index (χ3v) is 12.1. The molecule has 0 unspecified atom stereocenters. The SMILES string of the molecule is c1ccc(-c2ccc(N(c3ccc(-c4ccc5c(c4)C(c4ccccc4)(c4ccccc4)c4ccc6ccccc6c4-5)cc3)c3ccc4ccccc4c3)cc2)cc1. The van der Waals surface area contributed by atoms with Crippen molar-refractivity contribution in [2.24, 2.45) is 0 Å². The fraction of sp³-hybridized carbons (Fsp3) is 0.0175. The third-order valence-electron chi connectivity index (χ3n) is 12.1. The van der Waals surface area contributed by atoms with Crippen LogP contribution in [0.2, 0.25) is 0 Å². The molecule has 1 aliphatic carbocycles. The summed E-state index contributed by atoms with van der Waals surface area (Å²) in [6.07, 6.45) is 0. The van der Waals surface area contributed by atoms with Gasteiger partial charge in [-0.15, -0.1) is 0 Å². The lowest BCUT2D eigenvalue weighted by Crippen LogP contribution is -2.28. The van der Waals surface area contributed by atoms with Gasteiger partial charge in [0.2, 0.25) is 0 Å². The van der Waals surface area contributed by atoms with Crippen molar-refractivity contribution in [1.82, 2.24) is 0 Å². The second-order valence-corrected chi connectivity index (χ2v) is 15.3. The minimum absolute atomic E-state index is 0.480. The second kappa shape index (κ2) is 13.9. The first-order valence-corrected chi connectivity index (χ1v) is 20.1. The highest BCUT2D eigenvalue weighted by Gasteiger charge is 2.46. The number of nitrogens with zero attached hydrogens (tertiary/aromatic N) is 1. The summed E-state index contributed by atoms with van der Waals surface area (Å²) < 4.78 is 0. The zero-order valence-corrected chi connectivity index (χ0v) is 32.0.